The smallest absolute Gasteiger partial charge is 0.0964 e. The summed E-state index contributed by atoms with van der Waals surface area (Å²) in [6, 6.07) is 16.8. The summed E-state index contributed by atoms with van der Waals surface area (Å²) in [5.41, 5.74) is 4.93. The molecular formula is C19H23NO. The van der Waals surface area contributed by atoms with Crippen molar-refractivity contribution in [3.63, 3.8) is 0 Å². The Bertz CT molecular complexity index is 591. The number of aryl methyl sites for hydroxylation is 2. The van der Waals surface area contributed by atoms with Crippen LogP contribution in [0.5, 0.6) is 0 Å². The molecule has 1 unspecified atom stereocenters. The van der Waals surface area contributed by atoms with Crippen LogP contribution in [0.3, 0.4) is 0 Å². The summed E-state index contributed by atoms with van der Waals surface area (Å²) in [6.07, 6.45) is 3.13. The number of β-amino-alcohol motifs (C(OH)–C–C–N with tert-alkyl or cyclic N) is 1. The van der Waals surface area contributed by atoms with Crippen molar-refractivity contribution in [3.05, 3.63) is 65.2 Å². The summed E-state index contributed by atoms with van der Waals surface area (Å²) < 4.78 is 0. The predicted octanol–water partition coefficient (Wildman–Crippen LogP) is 3.87. The van der Waals surface area contributed by atoms with Gasteiger partial charge in [0.05, 0.1) is 6.10 Å². The Morgan fingerprint density at radius 3 is 2.62 bits per heavy atom. The summed E-state index contributed by atoms with van der Waals surface area (Å²) in [5.74, 6) is 0. The second-order valence-corrected chi connectivity index (χ2v) is 5.96. The van der Waals surface area contributed by atoms with Gasteiger partial charge in [0.2, 0.25) is 0 Å². The molecule has 2 nitrogen and oxygen atoms in total. The Hall–Kier alpha value is -1.80. The van der Waals surface area contributed by atoms with E-state index in [9.17, 15) is 5.11 Å². The van der Waals surface area contributed by atoms with E-state index >= 15 is 0 Å². The largest absolute Gasteiger partial charge is 0.387 e. The number of hydrogen-bond donors (Lipinski definition) is 1. The van der Waals surface area contributed by atoms with Crippen molar-refractivity contribution in [2.75, 3.05) is 18.0 Å². The van der Waals surface area contributed by atoms with Gasteiger partial charge in [0.1, 0.15) is 0 Å². The van der Waals surface area contributed by atoms with Crippen LogP contribution in [0.2, 0.25) is 0 Å². The van der Waals surface area contributed by atoms with Gasteiger partial charge in [0, 0.05) is 18.8 Å². The molecule has 21 heavy (non-hydrogen) atoms. The van der Waals surface area contributed by atoms with Crippen molar-refractivity contribution in [2.45, 2.75) is 32.3 Å². The molecule has 1 aliphatic heterocycles. The Labute approximate surface area is 127 Å². The Balaban J connectivity index is 1.79. The third-order valence-electron chi connectivity index (χ3n) is 4.31. The van der Waals surface area contributed by atoms with Crippen LogP contribution in [-0.4, -0.2) is 18.2 Å². The molecule has 0 radical (unpaired) electrons. The van der Waals surface area contributed by atoms with E-state index in [1.807, 2.05) is 12.1 Å². The fourth-order valence-electron chi connectivity index (χ4n) is 3.06. The van der Waals surface area contributed by atoms with Crippen LogP contribution in [0, 0.1) is 6.92 Å². The highest BCUT2D eigenvalue weighted by molar-refractivity contribution is 5.54. The van der Waals surface area contributed by atoms with Crippen molar-refractivity contribution in [1.29, 1.82) is 0 Å². The number of nitrogens with zero attached hydrogens (tertiary/aromatic N) is 1. The first-order valence-corrected chi connectivity index (χ1v) is 7.81. The molecule has 2 aromatic rings. The van der Waals surface area contributed by atoms with Gasteiger partial charge < -0.3 is 10.0 Å². The van der Waals surface area contributed by atoms with Gasteiger partial charge in [-0.25, -0.2) is 0 Å². The molecule has 0 bridgehead atoms. The third kappa shape index (κ3) is 3.27. The normalized spacial score (nSPS) is 16.2. The fraction of sp³-hybridized carbons (Fsp3) is 0.368. The molecule has 0 saturated carbocycles. The molecule has 2 aromatic carbocycles. The van der Waals surface area contributed by atoms with Gasteiger partial charge in [-0.1, -0.05) is 48.0 Å². The minimum atomic E-state index is -0.434. The highest BCUT2D eigenvalue weighted by Gasteiger charge is 2.18. The molecule has 3 rings (SSSR count). The van der Waals surface area contributed by atoms with Crippen LogP contribution in [0.4, 0.5) is 5.69 Å². The van der Waals surface area contributed by atoms with Crippen LogP contribution in [0.1, 0.15) is 35.6 Å². The molecule has 1 atom stereocenters. The first kappa shape index (κ1) is 14.2. The lowest BCUT2D eigenvalue weighted by Crippen LogP contribution is -2.29. The van der Waals surface area contributed by atoms with E-state index in [-0.39, 0.29) is 0 Å². The zero-order valence-electron chi connectivity index (χ0n) is 12.6. The van der Waals surface area contributed by atoms with Crippen molar-refractivity contribution < 1.29 is 5.11 Å². The van der Waals surface area contributed by atoms with E-state index in [1.54, 1.807) is 0 Å². The fourth-order valence-corrected chi connectivity index (χ4v) is 3.06. The van der Waals surface area contributed by atoms with Crippen LogP contribution in [0.25, 0.3) is 0 Å². The van der Waals surface area contributed by atoms with E-state index in [4.69, 9.17) is 0 Å². The molecule has 0 aliphatic carbocycles. The van der Waals surface area contributed by atoms with E-state index in [0.29, 0.717) is 6.54 Å². The van der Waals surface area contributed by atoms with Crippen LogP contribution in [-0.2, 0) is 6.42 Å². The van der Waals surface area contributed by atoms with E-state index in [2.05, 4.69) is 48.2 Å². The summed E-state index contributed by atoms with van der Waals surface area (Å²) in [6.45, 7) is 3.77. The quantitative estimate of drug-likeness (QED) is 0.923. The van der Waals surface area contributed by atoms with Gasteiger partial charge in [-0.3, -0.25) is 0 Å². The zero-order chi connectivity index (χ0) is 14.7. The van der Waals surface area contributed by atoms with E-state index < -0.39 is 6.10 Å². The van der Waals surface area contributed by atoms with Crippen molar-refractivity contribution in [1.82, 2.24) is 0 Å². The maximum atomic E-state index is 10.5. The van der Waals surface area contributed by atoms with Gasteiger partial charge >= 0.3 is 0 Å². The number of fused-ring (bicyclic) bond motifs is 1. The topological polar surface area (TPSA) is 23.5 Å². The summed E-state index contributed by atoms with van der Waals surface area (Å²) in [4.78, 5) is 2.34. The minimum Gasteiger partial charge on any atom is -0.387 e. The molecule has 0 aromatic heterocycles. The molecule has 0 fully saturated rings. The summed E-state index contributed by atoms with van der Waals surface area (Å²) >= 11 is 0. The number of benzene rings is 2. The minimum absolute atomic E-state index is 0.434. The number of aliphatic hydroxyl groups excluding tert-OH is 1. The molecule has 110 valence electrons. The van der Waals surface area contributed by atoms with Crippen molar-refractivity contribution in [2.24, 2.45) is 0 Å². The molecule has 2 heteroatoms. The van der Waals surface area contributed by atoms with Gasteiger partial charge in [-0.15, -0.1) is 0 Å². The number of rotatable bonds is 3. The molecule has 0 spiro atoms. The average molecular weight is 281 g/mol. The van der Waals surface area contributed by atoms with Crippen molar-refractivity contribution >= 4 is 5.69 Å². The Morgan fingerprint density at radius 2 is 1.81 bits per heavy atom. The zero-order valence-corrected chi connectivity index (χ0v) is 12.6. The SMILES string of the molecule is Cc1ccc(C(O)CN2CCCCc3ccccc32)cc1. The summed E-state index contributed by atoms with van der Waals surface area (Å²) in [7, 11) is 0. The highest BCUT2D eigenvalue weighted by Crippen LogP contribution is 2.28. The van der Waals surface area contributed by atoms with E-state index in [1.165, 1.54) is 29.7 Å². The number of para-hydroxylation sites is 1. The number of anilines is 1. The lowest BCUT2D eigenvalue weighted by Gasteiger charge is -2.27. The standard InChI is InChI=1S/C19H23NO/c1-15-9-11-17(12-10-15)19(21)14-20-13-5-4-7-16-6-2-3-8-18(16)20/h2-3,6,8-12,19,21H,4-5,7,13-14H2,1H3. The van der Waals surface area contributed by atoms with E-state index in [0.717, 1.165) is 18.5 Å². The van der Waals surface area contributed by atoms with Crippen molar-refractivity contribution in [3.8, 4) is 0 Å². The lowest BCUT2D eigenvalue weighted by atomic mass is 10.1. The van der Waals surface area contributed by atoms with Gasteiger partial charge in [0.25, 0.3) is 0 Å². The average Bonchev–Trinajstić information content (AvgIpc) is 2.71. The monoisotopic (exact) mass is 281 g/mol. The Kier molecular flexibility index (Phi) is 4.26. The molecule has 1 N–H and O–H groups in total. The van der Waals surface area contributed by atoms with Gasteiger partial charge in [0.15, 0.2) is 0 Å². The lowest BCUT2D eigenvalue weighted by molar-refractivity contribution is 0.183. The first-order valence-electron chi connectivity index (χ1n) is 7.81. The molecule has 1 heterocycles. The van der Waals surface area contributed by atoms with Gasteiger partial charge in [-0.05, 0) is 43.4 Å². The molecular weight excluding hydrogens is 258 g/mol. The maximum Gasteiger partial charge on any atom is 0.0964 e. The second-order valence-electron chi connectivity index (χ2n) is 5.96. The summed E-state index contributed by atoms with van der Waals surface area (Å²) in [5, 5.41) is 10.5. The number of aliphatic hydroxyl groups is 1. The van der Waals surface area contributed by atoms with Gasteiger partial charge in [-0.2, -0.15) is 0 Å². The van der Waals surface area contributed by atoms with Crippen LogP contribution >= 0.6 is 0 Å². The Morgan fingerprint density at radius 1 is 1.05 bits per heavy atom. The molecule has 1 aliphatic rings. The molecule has 0 amide bonds. The molecule has 0 saturated heterocycles. The predicted molar refractivity (Wildman–Crippen MR) is 87.7 cm³/mol. The first-order chi connectivity index (χ1) is 10.2. The van der Waals surface area contributed by atoms with Crippen LogP contribution in [0.15, 0.2) is 48.5 Å². The number of hydrogen-bond acceptors (Lipinski definition) is 2. The third-order valence-corrected chi connectivity index (χ3v) is 4.31. The highest BCUT2D eigenvalue weighted by atomic mass is 16.3. The maximum absolute atomic E-state index is 10.5. The van der Waals surface area contributed by atoms with Crippen LogP contribution < -0.4 is 4.90 Å². The second kappa shape index (κ2) is 6.31.